The summed E-state index contributed by atoms with van der Waals surface area (Å²) in [5.41, 5.74) is 1.30. The van der Waals surface area contributed by atoms with Gasteiger partial charge in [0.1, 0.15) is 18.8 Å². The first-order valence-electron chi connectivity index (χ1n) is 12.4. The van der Waals surface area contributed by atoms with Crippen LogP contribution in [-0.4, -0.2) is 46.7 Å². The predicted octanol–water partition coefficient (Wildman–Crippen LogP) is 5.41. The van der Waals surface area contributed by atoms with E-state index in [0.29, 0.717) is 6.42 Å². The lowest BCUT2D eigenvalue weighted by Gasteiger charge is -2.15. The van der Waals surface area contributed by atoms with Crippen molar-refractivity contribution in [3.05, 3.63) is 11.6 Å². The third-order valence-corrected chi connectivity index (χ3v) is 6.03. The fourth-order valence-corrected chi connectivity index (χ4v) is 3.73. The molecule has 0 saturated heterocycles. The van der Waals surface area contributed by atoms with E-state index in [1.165, 1.54) is 56.9 Å². The second-order valence-corrected chi connectivity index (χ2v) is 9.95. The van der Waals surface area contributed by atoms with Crippen molar-refractivity contribution in [2.75, 3.05) is 13.2 Å². The van der Waals surface area contributed by atoms with Crippen LogP contribution in [0.5, 0.6) is 0 Å². The lowest BCUT2D eigenvalue weighted by atomic mass is 9.91. The number of carbonyl (C=O) groups is 1. The topological polar surface area (TPSA) is 87.0 Å². The monoisotopic (exact) mass is 442 g/mol. The standard InChI is InChI=1S/C26H50O5/c1-20(2)10-6-11-21(3)12-7-13-22(4)14-8-15-23(5)16-9-17-26(30)31-19-25(29)24(28)18-27/h16,20-22,24-25,27-29H,6-15,17-19H2,1-5H3/b23-16+/t21?,22?,24-,25+/m1/s1. The second kappa shape index (κ2) is 18.6. The van der Waals surface area contributed by atoms with Crippen LogP contribution in [0.3, 0.4) is 0 Å². The number of aliphatic hydroxyl groups is 3. The molecule has 184 valence electrons. The van der Waals surface area contributed by atoms with Crippen molar-refractivity contribution in [2.24, 2.45) is 17.8 Å². The maximum Gasteiger partial charge on any atom is 0.306 e. The quantitative estimate of drug-likeness (QED) is 0.184. The van der Waals surface area contributed by atoms with Gasteiger partial charge >= 0.3 is 5.97 Å². The van der Waals surface area contributed by atoms with Crippen LogP contribution in [0.2, 0.25) is 0 Å². The summed E-state index contributed by atoms with van der Waals surface area (Å²) in [5, 5.41) is 27.4. The van der Waals surface area contributed by atoms with Gasteiger partial charge in [0.05, 0.1) is 6.61 Å². The van der Waals surface area contributed by atoms with Crippen molar-refractivity contribution in [1.82, 2.24) is 0 Å². The molecule has 0 amide bonds. The van der Waals surface area contributed by atoms with Crippen molar-refractivity contribution < 1.29 is 24.9 Å². The molecule has 0 bridgehead atoms. The van der Waals surface area contributed by atoms with Crippen LogP contribution in [0, 0.1) is 17.8 Å². The maximum atomic E-state index is 11.7. The zero-order valence-electron chi connectivity index (χ0n) is 20.8. The largest absolute Gasteiger partial charge is 0.463 e. The first-order chi connectivity index (χ1) is 14.6. The van der Waals surface area contributed by atoms with Gasteiger partial charge in [-0.25, -0.2) is 0 Å². The lowest BCUT2D eigenvalue weighted by molar-refractivity contribution is -0.149. The molecule has 0 fully saturated rings. The Hall–Kier alpha value is -0.910. The molecule has 0 aliphatic rings. The third kappa shape index (κ3) is 18.4. The van der Waals surface area contributed by atoms with Crippen LogP contribution in [0.4, 0.5) is 0 Å². The van der Waals surface area contributed by atoms with Crippen LogP contribution in [0.25, 0.3) is 0 Å². The Kier molecular flexibility index (Phi) is 18.1. The predicted molar refractivity (Wildman–Crippen MR) is 128 cm³/mol. The number of allylic oxidation sites excluding steroid dienone is 2. The Morgan fingerprint density at radius 3 is 1.94 bits per heavy atom. The van der Waals surface area contributed by atoms with Crippen LogP contribution in [-0.2, 0) is 9.53 Å². The van der Waals surface area contributed by atoms with E-state index in [2.05, 4.69) is 40.7 Å². The highest BCUT2D eigenvalue weighted by Crippen LogP contribution is 2.22. The van der Waals surface area contributed by atoms with Gasteiger partial charge < -0.3 is 20.1 Å². The number of hydrogen-bond donors (Lipinski definition) is 3. The van der Waals surface area contributed by atoms with Gasteiger partial charge in [0.15, 0.2) is 0 Å². The minimum absolute atomic E-state index is 0.255. The molecule has 5 heteroatoms. The lowest BCUT2D eigenvalue weighted by Crippen LogP contribution is -2.34. The van der Waals surface area contributed by atoms with E-state index >= 15 is 0 Å². The molecule has 0 spiro atoms. The molecule has 3 N–H and O–H groups in total. The minimum Gasteiger partial charge on any atom is -0.463 e. The number of hydrogen-bond acceptors (Lipinski definition) is 5. The number of ether oxygens (including phenoxy) is 1. The Morgan fingerprint density at radius 1 is 0.839 bits per heavy atom. The molecule has 0 aromatic carbocycles. The molecule has 0 heterocycles. The average Bonchev–Trinajstić information content (AvgIpc) is 2.71. The molecule has 0 rings (SSSR count). The molecule has 0 radical (unpaired) electrons. The molecule has 0 aliphatic carbocycles. The number of aliphatic hydroxyl groups excluding tert-OH is 3. The van der Waals surface area contributed by atoms with Crippen molar-refractivity contribution in [3.8, 4) is 0 Å². The Morgan fingerprint density at radius 2 is 1.39 bits per heavy atom. The first kappa shape index (κ1) is 30.1. The van der Waals surface area contributed by atoms with Crippen LogP contribution in [0.1, 0.15) is 105 Å². The molecule has 0 aromatic heterocycles. The summed E-state index contributed by atoms with van der Waals surface area (Å²) in [6, 6.07) is 0. The van der Waals surface area contributed by atoms with E-state index in [-0.39, 0.29) is 13.0 Å². The molecule has 0 aromatic rings. The fraction of sp³-hybridized carbons (Fsp3) is 0.885. The van der Waals surface area contributed by atoms with Crippen molar-refractivity contribution in [2.45, 2.75) is 117 Å². The van der Waals surface area contributed by atoms with Gasteiger partial charge in [-0.1, -0.05) is 84.3 Å². The van der Waals surface area contributed by atoms with E-state index in [0.717, 1.165) is 24.2 Å². The molecule has 4 atom stereocenters. The van der Waals surface area contributed by atoms with E-state index in [1.807, 2.05) is 0 Å². The van der Waals surface area contributed by atoms with Crippen LogP contribution >= 0.6 is 0 Å². The SMILES string of the molecule is C/C(=C\CCC(=O)OC[C@H](O)[C@H](O)CO)CCCC(C)CCCC(C)CCCC(C)C. The second-order valence-electron chi connectivity index (χ2n) is 9.95. The van der Waals surface area contributed by atoms with Crippen LogP contribution < -0.4 is 0 Å². The smallest absolute Gasteiger partial charge is 0.306 e. The summed E-state index contributed by atoms with van der Waals surface area (Å²) in [4.78, 5) is 11.7. The van der Waals surface area contributed by atoms with Gasteiger partial charge in [-0.3, -0.25) is 4.79 Å². The highest BCUT2D eigenvalue weighted by molar-refractivity contribution is 5.69. The van der Waals surface area contributed by atoms with E-state index in [4.69, 9.17) is 9.84 Å². The number of rotatable bonds is 19. The maximum absolute atomic E-state index is 11.7. The zero-order chi connectivity index (χ0) is 23.6. The molecular weight excluding hydrogens is 392 g/mol. The average molecular weight is 443 g/mol. The summed E-state index contributed by atoms with van der Waals surface area (Å²) in [5.74, 6) is 2.04. The molecule has 2 unspecified atom stereocenters. The van der Waals surface area contributed by atoms with Crippen molar-refractivity contribution >= 4 is 5.97 Å². The Labute approximate surface area is 191 Å². The van der Waals surface area contributed by atoms with Crippen molar-refractivity contribution in [1.29, 1.82) is 0 Å². The van der Waals surface area contributed by atoms with Gasteiger partial charge in [0.25, 0.3) is 0 Å². The molecular formula is C26H50O5. The van der Waals surface area contributed by atoms with Gasteiger partial charge in [-0.05, 0) is 43.9 Å². The minimum atomic E-state index is -1.28. The van der Waals surface area contributed by atoms with E-state index in [1.54, 1.807) is 0 Å². The highest BCUT2D eigenvalue weighted by atomic mass is 16.5. The summed E-state index contributed by atoms with van der Waals surface area (Å²) < 4.78 is 4.92. The van der Waals surface area contributed by atoms with E-state index in [9.17, 15) is 15.0 Å². The number of esters is 1. The molecule has 5 nitrogen and oxygen atoms in total. The Balaban J connectivity index is 3.79. The Bertz CT molecular complexity index is 474. The van der Waals surface area contributed by atoms with Gasteiger partial charge in [-0.2, -0.15) is 0 Å². The summed E-state index contributed by atoms with van der Waals surface area (Å²) >= 11 is 0. The summed E-state index contributed by atoms with van der Waals surface area (Å²) in [6.45, 7) is 10.6. The molecule has 0 saturated carbocycles. The zero-order valence-corrected chi connectivity index (χ0v) is 20.8. The van der Waals surface area contributed by atoms with Crippen LogP contribution in [0.15, 0.2) is 11.6 Å². The molecule has 0 aliphatic heterocycles. The fourth-order valence-electron chi connectivity index (χ4n) is 3.73. The third-order valence-electron chi connectivity index (χ3n) is 6.03. The number of carbonyl (C=O) groups excluding carboxylic acids is 1. The normalized spacial score (nSPS) is 16.2. The van der Waals surface area contributed by atoms with E-state index < -0.39 is 24.8 Å². The first-order valence-corrected chi connectivity index (χ1v) is 12.4. The highest BCUT2D eigenvalue weighted by Gasteiger charge is 2.17. The summed E-state index contributed by atoms with van der Waals surface area (Å²) in [6.07, 6.45) is 12.0. The van der Waals surface area contributed by atoms with Crippen molar-refractivity contribution in [3.63, 3.8) is 0 Å². The van der Waals surface area contributed by atoms with Gasteiger partial charge in [0.2, 0.25) is 0 Å². The molecule has 31 heavy (non-hydrogen) atoms. The van der Waals surface area contributed by atoms with Gasteiger partial charge in [-0.15, -0.1) is 0 Å². The summed E-state index contributed by atoms with van der Waals surface area (Å²) in [7, 11) is 0. The van der Waals surface area contributed by atoms with Gasteiger partial charge in [0, 0.05) is 6.42 Å².